The molecule has 0 saturated carbocycles. The number of fused-ring (bicyclic) bond motifs is 3. The van der Waals surface area contributed by atoms with Crippen molar-refractivity contribution in [1.82, 2.24) is 9.78 Å². The highest BCUT2D eigenvalue weighted by atomic mass is 35.5. The Bertz CT molecular complexity index is 814. The molecule has 2 aromatic rings. The van der Waals surface area contributed by atoms with Gasteiger partial charge < -0.3 is 4.74 Å². The zero-order valence-corrected chi connectivity index (χ0v) is 11.8. The Morgan fingerprint density at radius 1 is 1.33 bits per heavy atom. The van der Waals surface area contributed by atoms with E-state index in [-0.39, 0.29) is 11.6 Å². The summed E-state index contributed by atoms with van der Waals surface area (Å²) in [5.41, 5.74) is 2.90. The monoisotopic (exact) mass is 301 g/mol. The number of hydrogen-bond donors (Lipinski definition) is 1. The van der Waals surface area contributed by atoms with E-state index in [1.165, 1.54) is 4.68 Å². The first-order chi connectivity index (χ1) is 10.2. The average molecular weight is 302 g/mol. The molecule has 106 valence electrons. The molecule has 0 spiro atoms. The van der Waals surface area contributed by atoms with E-state index < -0.39 is 0 Å². The van der Waals surface area contributed by atoms with Crippen molar-refractivity contribution in [1.29, 1.82) is 0 Å². The summed E-state index contributed by atoms with van der Waals surface area (Å²) in [4.78, 5) is 17.0. The van der Waals surface area contributed by atoms with Gasteiger partial charge in [0, 0.05) is 23.2 Å². The van der Waals surface area contributed by atoms with Gasteiger partial charge in [0.2, 0.25) is 0 Å². The zero-order chi connectivity index (χ0) is 14.4. The maximum Gasteiger partial charge on any atom is 0.280 e. The molecule has 21 heavy (non-hydrogen) atoms. The molecule has 2 aliphatic heterocycles. The molecule has 0 radical (unpaired) electrons. The van der Waals surface area contributed by atoms with Crippen LogP contribution in [0.1, 0.15) is 17.7 Å². The van der Waals surface area contributed by atoms with Gasteiger partial charge in [-0.1, -0.05) is 11.6 Å². The Kier molecular flexibility index (Phi) is 2.75. The number of aromatic nitrogens is 2. The van der Waals surface area contributed by atoms with E-state index in [1.807, 2.05) is 0 Å². The second kappa shape index (κ2) is 4.63. The van der Waals surface area contributed by atoms with Gasteiger partial charge in [-0.05, 0) is 24.3 Å². The molecular weight excluding hydrogens is 290 g/mol. The van der Waals surface area contributed by atoms with Crippen molar-refractivity contribution < 1.29 is 4.74 Å². The van der Waals surface area contributed by atoms with E-state index in [2.05, 4.69) is 10.1 Å². The minimum absolute atomic E-state index is 0.0722. The fourth-order valence-electron chi connectivity index (χ4n) is 2.67. The summed E-state index contributed by atoms with van der Waals surface area (Å²) in [5, 5.41) is 3.79. The number of ether oxygens (including phenoxy) is 1. The summed E-state index contributed by atoms with van der Waals surface area (Å²) < 4.78 is 6.89. The summed E-state index contributed by atoms with van der Waals surface area (Å²) in [6, 6.07) is 7.17. The molecule has 0 bridgehead atoms. The van der Waals surface area contributed by atoms with Gasteiger partial charge in [-0.2, -0.15) is 0 Å². The SMILES string of the molecule is O=c1c2c([nH]n1-c1ccc(Cl)cc1)C1=COCCC1N=C2. The number of rotatable bonds is 1. The lowest BCUT2D eigenvalue weighted by Crippen LogP contribution is -2.22. The third kappa shape index (κ3) is 1.93. The van der Waals surface area contributed by atoms with Crippen molar-refractivity contribution in [2.24, 2.45) is 4.99 Å². The third-order valence-corrected chi connectivity index (χ3v) is 4.01. The number of hydrogen-bond acceptors (Lipinski definition) is 3. The van der Waals surface area contributed by atoms with Gasteiger partial charge >= 0.3 is 0 Å². The Hall–Kier alpha value is -2.27. The Labute approximate surface area is 125 Å². The van der Waals surface area contributed by atoms with E-state index in [9.17, 15) is 4.79 Å². The van der Waals surface area contributed by atoms with Gasteiger partial charge in [-0.3, -0.25) is 14.9 Å². The van der Waals surface area contributed by atoms with Crippen LogP contribution in [0.2, 0.25) is 5.02 Å². The molecule has 1 atom stereocenters. The highest BCUT2D eigenvalue weighted by Gasteiger charge is 2.28. The molecule has 4 rings (SSSR count). The fraction of sp³-hybridized carbons (Fsp3) is 0.200. The van der Waals surface area contributed by atoms with E-state index >= 15 is 0 Å². The first-order valence-electron chi connectivity index (χ1n) is 6.70. The Morgan fingerprint density at radius 2 is 2.14 bits per heavy atom. The molecule has 3 heterocycles. The van der Waals surface area contributed by atoms with Crippen LogP contribution in [0.15, 0.2) is 40.3 Å². The highest BCUT2D eigenvalue weighted by Crippen LogP contribution is 2.29. The summed E-state index contributed by atoms with van der Waals surface area (Å²) in [7, 11) is 0. The molecule has 1 aromatic heterocycles. The zero-order valence-electron chi connectivity index (χ0n) is 11.0. The number of aliphatic imine (C=N–C) groups is 1. The van der Waals surface area contributed by atoms with Gasteiger partial charge in [0.1, 0.15) is 0 Å². The van der Waals surface area contributed by atoms with Gasteiger partial charge in [-0.25, -0.2) is 4.68 Å². The van der Waals surface area contributed by atoms with Crippen molar-refractivity contribution in [3.05, 3.63) is 57.2 Å². The molecular formula is C15H12ClN3O2. The minimum atomic E-state index is -0.124. The van der Waals surface area contributed by atoms with Crippen LogP contribution in [0.25, 0.3) is 11.3 Å². The van der Waals surface area contributed by atoms with Crippen molar-refractivity contribution in [2.45, 2.75) is 12.5 Å². The normalized spacial score (nSPS) is 19.5. The van der Waals surface area contributed by atoms with E-state index in [1.54, 1.807) is 36.7 Å². The Morgan fingerprint density at radius 3 is 2.95 bits per heavy atom. The summed E-state index contributed by atoms with van der Waals surface area (Å²) in [6.07, 6.45) is 4.19. The number of nitrogens with zero attached hydrogens (tertiary/aromatic N) is 2. The quantitative estimate of drug-likeness (QED) is 0.879. The first kappa shape index (κ1) is 12.5. The van der Waals surface area contributed by atoms with Crippen molar-refractivity contribution in [2.75, 3.05) is 6.61 Å². The van der Waals surface area contributed by atoms with Crippen molar-refractivity contribution in [3.8, 4) is 5.69 Å². The second-order valence-electron chi connectivity index (χ2n) is 5.04. The summed E-state index contributed by atoms with van der Waals surface area (Å²) in [6.45, 7) is 0.656. The average Bonchev–Trinajstić information content (AvgIpc) is 2.86. The number of halogens is 1. The number of H-pyrrole nitrogens is 1. The van der Waals surface area contributed by atoms with Crippen LogP contribution in [0, 0.1) is 0 Å². The fourth-order valence-corrected chi connectivity index (χ4v) is 2.80. The third-order valence-electron chi connectivity index (χ3n) is 3.76. The lowest BCUT2D eigenvalue weighted by atomic mass is 9.96. The summed E-state index contributed by atoms with van der Waals surface area (Å²) >= 11 is 5.89. The second-order valence-corrected chi connectivity index (χ2v) is 5.48. The van der Waals surface area contributed by atoms with E-state index in [0.29, 0.717) is 17.2 Å². The number of benzene rings is 1. The van der Waals surface area contributed by atoms with Gasteiger partial charge in [-0.15, -0.1) is 0 Å². The molecule has 0 saturated heterocycles. The lowest BCUT2D eigenvalue weighted by molar-refractivity contribution is 0.228. The van der Waals surface area contributed by atoms with Crippen LogP contribution in [0.4, 0.5) is 0 Å². The molecule has 1 N–H and O–H groups in total. The van der Waals surface area contributed by atoms with Crippen molar-refractivity contribution >= 4 is 23.4 Å². The molecule has 1 aromatic carbocycles. The van der Waals surface area contributed by atoms with Crippen LogP contribution in [0.3, 0.4) is 0 Å². The van der Waals surface area contributed by atoms with E-state index in [4.69, 9.17) is 16.3 Å². The topological polar surface area (TPSA) is 59.4 Å². The Balaban J connectivity index is 1.88. The van der Waals surface area contributed by atoms with Crippen molar-refractivity contribution in [3.63, 3.8) is 0 Å². The molecule has 0 aliphatic carbocycles. The van der Waals surface area contributed by atoms with Gasteiger partial charge in [0.05, 0.1) is 35.9 Å². The predicted octanol–water partition coefficient (Wildman–Crippen LogP) is 2.38. The van der Waals surface area contributed by atoms with Crippen LogP contribution in [-0.4, -0.2) is 28.6 Å². The van der Waals surface area contributed by atoms with Crippen LogP contribution in [-0.2, 0) is 4.74 Å². The lowest BCUT2D eigenvalue weighted by Gasteiger charge is -2.23. The number of aromatic amines is 1. The number of nitrogens with one attached hydrogen (secondary N) is 1. The van der Waals surface area contributed by atoms with E-state index in [0.717, 1.165) is 23.4 Å². The molecule has 5 nitrogen and oxygen atoms in total. The molecule has 0 amide bonds. The van der Waals surface area contributed by atoms with Crippen LogP contribution < -0.4 is 5.56 Å². The maximum absolute atomic E-state index is 12.5. The first-order valence-corrected chi connectivity index (χ1v) is 7.08. The summed E-state index contributed by atoms with van der Waals surface area (Å²) in [5.74, 6) is 0. The molecule has 1 unspecified atom stereocenters. The minimum Gasteiger partial charge on any atom is -0.501 e. The largest absolute Gasteiger partial charge is 0.501 e. The smallest absolute Gasteiger partial charge is 0.280 e. The highest BCUT2D eigenvalue weighted by molar-refractivity contribution is 6.30. The molecule has 2 aliphatic rings. The molecule has 0 fully saturated rings. The maximum atomic E-state index is 12.5. The van der Waals surface area contributed by atoms with Crippen LogP contribution >= 0.6 is 11.6 Å². The predicted molar refractivity (Wildman–Crippen MR) is 81.3 cm³/mol. The molecule has 6 heteroatoms. The standard InChI is InChI=1S/C15H12ClN3O2/c16-9-1-3-10(4-2-9)19-15(20)11-7-17-13-5-6-21-8-12(13)14(11)18-19/h1-4,7-8,13,18H,5-6H2. The van der Waals surface area contributed by atoms with Crippen LogP contribution in [0.5, 0.6) is 0 Å². The van der Waals surface area contributed by atoms with Gasteiger partial charge in [0.25, 0.3) is 5.56 Å². The van der Waals surface area contributed by atoms with Gasteiger partial charge in [0.15, 0.2) is 0 Å².